The van der Waals surface area contributed by atoms with Gasteiger partial charge >= 0.3 is 6.09 Å². The van der Waals surface area contributed by atoms with Gasteiger partial charge in [-0.25, -0.2) is 4.79 Å². The quantitative estimate of drug-likeness (QED) is 0.356. The molecular formula is C27H26N2O4. The number of fused-ring (bicyclic) bond motifs is 4. The fourth-order valence-electron chi connectivity index (χ4n) is 4.79. The molecule has 3 aromatic carbocycles. The third-order valence-corrected chi connectivity index (χ3v) is 6.43. The predicted octanol–water partition coefficient (Wildman–Crippen LogP) is 4.41. The molecule has 2 unspecified atom stereocenters. The second-order valence-electron chi connectivity index (χ2n) is 8.46. The molecule has 0 saturated carbocycles. The Morgan fingerprint density at radius 2 is 1.67 bits per heavy atom. The van der Waals surface area contributed by atoms with Gasteiger partial charge in [-0.2, -0.15) is 0 Å². The SMILES string of the molecule is Cc1cccc2[nH]cc(C(O)C(O)CNC(=O)OCC3c4ccccc4-c4ccccc43)c12. The van der Waals surface area contributed by atoms with E-state index in [1.54, 1.807) is 6.20 Å². The van der Waals surface area contributed by atoms with Crippen molar-refractivity contribution in [2.75, 3.05) is 13.2 Å². The summed E-state index contributed by atoms with van der Waals surface area (Å²) in [6.07, 6.45) is -1.25. The molecule has 2 atom stereocenters. The van der Waals surface area contributed by atoms with Crippen LogP contribution in [-0.4, -0.2) is 40.5 Å². The third kappa shape index (κ3) is 3.88. The number of benzene rings is 3. The molecular weight excluding hydrogens is 416 g/mol. The van der Waals surface area contributed by atoms with Crippen LogP contribution in [0.3, 0.4) is 0 Å². The summed E-state index contributed by atoms with van der Waals surface area (Å²) in [7, 11) is 0. The van der Waals surface area contributed by atoms with E-state index in [9.17, 15) is 15.0 Å². The molecule has 0 radical (unpaired) electrons. The van der Waals surface area contributed by atoms with Gasteiger partial charge in [-0.3, -0.25) is 0 Å². The monoisotopic (exact) mass is 442 g/mol. The van der Waals surface area contributed by atoms with Crippen LogP contribution in [0.1, 0.15) is 34.3 Å². The van der Waals surface area contributed by atoms with E-state index in [0.29, 0.717) is 5.56 Å². The standard InChI is InChI=1S/C27H26N2O4/c1-16-7-6-12-23-25(16)21(13-28-23)26(31)24(30)14-29-27(32)33-15-22-19-10-4-2-8-17(19)18-9-3-5-11-20(18)22/h2-13,22,24,26,28,30-31H,14-15H2,1H3,(H,29,32). The summed E-state index contributed by atoms with van der Waals surface area (Å²) in [6, 6.07) is 22.1. The number of aromatic amines is 1. The summed E-state index contributed by atoms with van der Waals surface area (Å²) in [5.74, 6) is -0.0344. The number of hydrogen-bond acceptors (Lipinski definition) is 4. The maximum Gasteiger partial charge on any atom is 0.407 e. The van der Waals surface area contributed by atoms with Crippen LogP contribution < -0.4 is 5.32 Å². The Morgan fingerprint density at radius 1 is 1.00 bits per heavy atom. The van der Waals surface area contributed by atoms with Crippen molar-refractivity contribution in [2.45, 2.75) is 25.0 Å². The number of alkyl carbamates (subject to hydrolysis) is 1. The summed E-state index contributed by atoms with van der Waals surface area (Å²) < 4.78 is 5.50. The largest absolute Gasteiger partial charge is 0.449 e. The van der Waals surface area contributed by atoms with Crippen LogP contribution in [0, 0.1) is 6.92 Å². The van der Waals surface area contributed by atoms with Crippen LogP contribution in [0.4, 0.5) is 4.79 Å². The molecule has 0 saturated heterocycles. The van der Waals surface area contributed by atoms with E-state index in [1.807, 2.05) is 49.4 Å². The van der Waals surface area contributed by atoms with Gasteiger partial charge in [-0.15, -0.1) is 0 Å². The van der Waals surface area contributed by atoms with Gasteiger partial charge < -0.3 is 25.3 Å². The molecule has 5 rings (SSSR count). The molecule has 4 aromatic rings. The maximum atomic E-state index is 12.4. The number of nitrogens with one attached hydrogen (secondary N) is 2. The Balaban J connectivity index is 1.21. The molecule has 1 aromatic heterocycles. The first kappa shape index (κ1) is 21.2. The van der Waals surface area contributed by atoms with Crippen LogP contribution in [0.5, 0.6) is 0 Å². The zero-order chi connectivity index (χ0) is 22.9. The van der Waals surface area contributed by atoms with Gasteiger partial charge in [-0.1, -0.05) is 60.7 Å². The van der Waals surface area contributed by atoms with E-state index in [4.69, 9.17) is 4.74 Å². The maximum absolute atomic E-state index is 12.4. The first-order chi connectivity index (χ1) is 16.0. The minimum atomic E-state index is -1.18. The minimum absolute atomic E-state index is 0.0344. The van der Waals surface area contributed by atoms with Gasteiger partial charge in [0.15, 0.2) is 0 Å². The van der Waals surface area contributed by atoms with Crippen molar-refractivity contribution >= 4 is 17.0 Å². The first-order valence-corrected chi connectivity index (χ1v) is 11.1. The van der Waals surface area contributed by atoms with Gasteiger partial charge in [0.1, 0.15) is 18.8 Å². The molecule has 1 amide bonds. The lowest BCUT2D eigenvalue weighted by Gasteiger charge is -2.19. The average molecular weight is 443 g/mol. The van der Waals surface area contributed by atoms with Gasteiger partial charge in [0.25, 0.3) is 0 Å². The lowest BCUT2D eigenvalue weighted by molar-refractivity contribution is 0.0194. The molecule has 0 fully saturated rings. The van der Waals surface area contributed by atoms with Crippen molar-refractivity contribution in [3.63, 3.8) is 0 Å². The van der Waals surface area contributed by atoms with E-state index < -0.39 is 18.3 Å². The van der Waals surface area contributed by atoms with Gasteiger partial charge in [-0.05, 0) is 40.8 Å². The molecule has 1 aliphatic carbocycles. The number of aryl methyl sites for hydroxylation is 1. The van der Waals surface area contributed by atoms with Crippen molar-refractivity contribution < 1.29 is 19.7 Å². The van der Waals surface area contributed by atoms with Gasteiger partial charge in [0, 0.05) is 35.1 Å². The number of aliphatic hydroxyl groups is 2. The van der Waals surface area contributed by atoms with Crippen LogP contribution >= 0.6 is 0 Å². The Morgan fingerprint density at radius 3 is 2.36 bits per heavy atom. The number of carbonyl (C=O) groups is 1. The highest BCUT2D eigenvalue weighted by atomic mass is 16.5. The van der Waals surface area contributed by atoms with Crippen LogP contribution in [0.25, 0.3) is 22.0 Å². The molecule has 168 valence electrons. The lowest BCUT2D eigenvalue weighted by Crippen LogP contribution is -2.36. The highest BCUT2D eigenvalue weighted by Gasteiger charge is 2.29. The topological polar surface area (TPSA) is 94.6 Å². The molecule has 1 heterocycles. The molecule has 4 N–H and O–H groups in total. The number of carbonyl (C=O) groups excluding carboxylic acids is 1. The Hall–Kier alpha value is -3.61. The molecule has 0 spiro atoms. The number of hydrogen-bond donors (Lipinski definition) is 4. The number of aromatic nitrogens is 1. The van der Waals surface area contributed by atoms with Gasteiger partial charge in [0.2, 0.25) is 0 Å². The number of H-pyrrole nitrogens is 1. The summed E-state index contributed by atoms with van der Waals surface area (Å²) in [6.45, 7) is 2.02. The molecule has 1 aliphatic rings. The average Bonchev–Trinajstić information content (AvgIpc) is 3.41. The second kappa shape index (κ2) is 8.73. The Kier molecular flexibility index (Phi) is 5.62. The smallest absolute Gasteiger partial charge is 0.407 e. The van der Waals surface area contributed by atoms with Crippen molar-refractivity contribution in [3.05, 3.63) is 95.2 Å². The normalized spacial score (nSPS) is 14.5. The third-order valence-electron chi connectivity index (χ3n) is 6.43. The summed E-state index contributed by atoms with van der Waals surface area (Å²) in [5, 5.41) is 24.6. The Bertz CT molecular complexity index is 1270. The number of aliphatic hydroxyl groups excluding tert-OH is 2. The van der Waals surface area contributed by atoms with Crippen molar-refractivity contribution in [2.24, 2.45) is 0 Å². The molecule has 0 aliphatic heterocycles. The molecule has 33 heavy (non-hydrogen) atoms. The lowest BCUT2D eigenvalue weighted by atomic mass is 9.98. The van der Waals surface area contributed by atoms with E-state index in [0.717, 1.165) is 38.7 Å². The zero-order valence-corrected chi connectivity index (χ0v) is 18.3. The summed E-state index contributed by atoms with van der Waals surface area (Å²) in [5.41, 5.74) is 7.09. The van der Waals surface area contributed by atoms with E-state index >= 15 is 0 Å². The predicted molar refractivity (Wildman–Crippen MR) is 127 cm³/mol. The highest BCUT2D eigenvalue weighted by Crippen LogP contribution is 2.44. The van der Waals surface area contributed by atoms with Gasteiger partial charge in [0.05, 0.1) is 0 Å². The van der Waals surface area contributed by atoms with E-state index in [-0.39, 0.29) is 19.1 Å². The summed E-state index contributed by atoms with van der Waals surface area (Å²) in [4.78, 5) is 15.5. The second-order valence-corrected chi connectivity index (χ2v) is 8.46. The first-order valence-electron chi connectivity index (χ1n) is 11.1. The number of ether oxygens (including phenoxy) is 1. The zero-order valence-electron chi connectivity index (χ0n) is 18.3. The van der Waals surface area contributed by atoms with Crippen LogP contribution in [-0.2, 0) is 4.74 Å². The summed E-state index contributed by atoms with van der Waals surface area (Å²) >= 11 is 0. The fraction of sp³-hybridized carbons (Fsp3) is 0.222. The van der Waals surface area contributed by atoms with Crippen LogP contribution in [0.2, 0.25) is 0 Å². The van der Waals surface area contributed by atoms with Crippen molar-refractivity contribution in [1.82, 2.24) is 10.3 Å². The number of amides is 1. The molecule has 6 heteroatoms. The number of rotatable bonds is 6. The van der Waals surface area contributed by atoms with E-state index in [1.165, 1.54) is 0 Å². The van der Waals surface area contributed by atoms with Crippen LogP contribution in [0.15, 0.2) is 72.9 Å². The van der Waals surface area contributed by atoms with Crippen molar-refractivity contribution in [3.8, 4) is 11.1 Å². The van der Waals surface area contributed by atoms with Crippen molar-refractivity contribution in [1.29, 1.82) is 0 Å². The fourth-order valence-corrected chi connectivity index (χ4v) is 4.79. The Labute approximate surface area is 191 Å². The minimum Gasteiger partial charge on any atom is -0.449 e. The molecule has 0 bridgehead atoms. The molecule has 6 nitrogen and oxygen atoms in total. The van der Waals surface area contributed by atoms with E-state index in [2.05, 4.69) is 34.6 Å². The highest BCUT2D eigenvalue weighted by molar-refractivity contribution is 5.87.